The number of alkyl halides is 3. The molecule has 0 aliphatic heterocycles. The molecule has 4 heteroatoms. The number of aromatic nitrogens is 1. The van der Waals surface area contributed by atoms with Gasteiger partial charge in [0.1, 0.15) is 5.69 Å². The van der Waals surface area contributed by atoms with Crippen molar-refractivity contribution < 1.29 is 13.2 Å². The molecular formula is C46H32F3N. The van der Waals surface area contributed by atoms with Crippen molar-refractivity contribution in [3.63, 3.8) is 0 Å². The first kappa shape index (κ1) is 30.3. The monoisotopic (exact) mass is 655 g/mol. The Balaban J connectivity index is 1.32. The Bertz CT molecular complexity index is 2690. The molecule has 0 N–H and O–H groups in total. The minimum atomic E-state index is -4.49. The van der Waals surface area contributed by atoms with Crippen molar-refractivity contribution in [2.75, 3.05) is 0 Å². The zero-order valence-corrected chi connectivity index (χ0v) is 27.9. The summed E-state index contributed by atoms with van der Waals surface area (Å²) < 4.78 is 40.0. The summed E-state index contributed by atoms with van der Waals surface area (Å²) in [7, 11) is 0. The van der Waals surface area contributed by atoms with Crippen LogP contribution in [-0.2, 0) is 11.6 Å². The van der Waals surface area contributed by atoms with Gasteiger partial charge in [0.05, 0.1) is 0 Å². The number of fused-ring (bicyclic) bond motifs is 2. The third-order valence-electron chi connectivity index (χ3n) is 10.3. The van der Waals surface area contributed by atoms with E-state index in [9.17, 15) is 13.2 Å². The van der Waals surface area contributed by atoms with Gasteiger partial charge in [0.2, 0.25) is 0 Å². The molecular weight excluding hydrogens is 624 g/mol. The second kappa shape index (κ2) is 10.9. The Morgan fingerprint density at radius 1 is 0.440 bits per heavy atom. The molecule has 9 aromatic rings. The maximum absolute atomic E-state index is 13.3. The summed E-state index contributed by atoms with van der Waals surface area (Å²) in [4.78, 5) is 3.77. The van der Waals surface area contributed by atoms with Crippen molar-refractivity contribution in [2.45, 2.75) is 32.4 Å². The number of hydrogen-bond acceptors (Lipinski definition) is 1. The summed E-state index contributed by atoms with van der Waals surface area (Å²) in [6.07, 6.45) is -3.15. The van der Waals surface area contributed by atoms with E-state index in [2.05, 4.69) is 141 Å². The van der Waals surface area contributed by atoms with Gasteiger partial charge >= 0.3 is 6.18 Å². The van der Waals surface area contributed by atoms with Crippen LogP contribution >= 0.6 is 0 Å². The molecule has 9 rings (SSSR count). The van der Waals surface area contributed by atoms with Gasteiger partial charge in [-0.3, -0.25) is 4.98 Å². The predicted octanol–water partition coefficient (Wildman–Crippen LogP) is 13.6. The second-order valence-electron chi connectivity index (χ2n) is 14.2. The van der Waals surface area contributed by atoms with Crippen LogP contribution in [-0.4, -0.2) is 4.98 Å². The maximum atomic E-state index is 13.3. The van der Waals surface area contributed by atoms with Crippen molar-refractivity contribution in [1.82, 2.24) is 4.98 Å². The highest BCUT2D eigenvalue weighted by molar-refractivity contribution is 6.30. The van der Waals surface area contributed by atoms with E-state index in [1.54, 1.807) is 0 Å². The second-order valence-corrected chi connectivity index (χ2v) is 14.2. The quantitative estimate of drug-likeness (QED) is 0.136. The van der Waals surface area contributed by atoms with Crippen molar-refractivity contribution in [2.24, 2.45) is 0 Å². The molecule has 1 aromatic heterocycles. The summed E-state index contributed by atoms with van der Waals surface area (Å²) >= 11 is 0. The van der Waals surface area contributed by atoms with Crippen LogP contribution in [0, 0.1) is 0 Å². The Morgan fingerprint density at radius 2 is 0.920 bits per heavy atom. The summed E-state index contributed by atoms with van der Waals surface area (Å²) in [5.41, 5.74) is 6.75. The normalized spacial score (nSPS) is 12.6. The van der Waals surface area contributed by atoms with E-state index in [1.165, 1.54) is 56.1 Å². The van der Waals surface area contributed by atoms with Gasteiger partial charge in [-0.1, -0.05) is 148 Å². The molecule has 242 valence electrons. The van der Waals surface area contributed by atoms with Crippen LogP contribution in [0.15, 0.2) is 140 Å². The summed E-state index contributed by atoms with van der Waals surface area (Å²) in [6.45, 7) is 6.72. The smallest absolute Gasteiger partial charge is 0.251 e. The van der Waals surface area contributed by atoms with Crippen molar-refractivity contribution >= 4 is 53.9 Å². The standard InChI is InChI=1S/C46H32F3N/c1-45(2,3)31-19-12-27(13-20-31)41-33-8-4-6-10-35(33)44(36-11-7-5-9-34(36)41)39-24-17-29-15-22-37-32(30-18-25-40(50-26-30)46(47,48)49)21-14-28-16-23-38(39)43(29)42(28)37/h4-26H,1-3H3. The van der Waals surface area contributed by atoms with E-state index in [-0.39, 0.29) is 5.41 Å². The fourth-order valence-electron chi connectivity index (χ4n) is 7.86. The Hall–Kier alpha value is -5.74. The summed E-state index contributed by atoms with van der Waals surface area (Å²) in [5.74, 6) is 0. The zero-order valence-electron chi connectivity index (χ0n) is 27.9. The lowest BCUT2D eigenvalue weighted by molar-refractivity contribution is -0.141. The predicted molar refractivity (Wildman–Crippen MR) is 203 cm³/mol. The van der Waals surface area contributed by atoms with Crippen molar-refractivity contribution in [3.05, 3.63) is 151 Å². The Kier molecular flexibility index (Phi) is 6.60. The molecule has 8 aromatic carbocycles. The van der Waals surface area contributed by atoms with Gasteiger partial charge in [0.25, 0.3) is 0 Å². The van der Waals surface area contributed by atoms with Gasteiger partial charge in [-0.15, -0.1) is 0 Å². The van der Waals surface area contributed by atoms with Crippen molar-refractivity contribution in [1.29, 1.82) is 0 Å². The molecule has 1 nitrogen and oxygen atoms in total. The molecule has 0 saturated heterocycles. The highest BCUT2D eigenvalue weighted by atomic mass is 19.4. The van der Waals surface area contributed by atoms with Gasteiger partial charge in [-0.2, -0.15) is 13.2 Å². The molecule has 0 bridgehead atoms. The van der Waals surface area contributed by atoms with Crippen LogP contribution in [0.5, 0.6) is 0 Å². The Morgan fingerprint density at radius 3 is 1.42 bits per heavy atom. The molecule has 0 atom stereocenters. The average molecular weight is 656 g/mol. The van der Waals surface area contributed by atoms with Gasteiger partial charge < -0.3 is 0 Å². The molecule has 0 unspecified atom stereocenters. The first-order valence-corrected chi connectivity index (χ1v) is 16.9. The van der Waals surface area contributed by atoms with Gasteiger partial charge in [-0.05, 0) is 98.7 Å². The number of benzene rings is 8. The van der Waals surface area contributed by atoms with Gasteiger partial charge in [0, 0.05) is 11.8 Å². The molecule has 0 spiro atoms. The fraction of sp³-hybridized carbons (Fsp3) is 0.109. The van der Waals surface area contributed by atoms with E-state index >= 15 is 0 Å². The van der Waals surface area contributed by atoms with Crippen LogP contribution in [0.25, 0.3) is 87.2 Å². The van der Waals surface area contributed by atoms with E-state index in [0.29, 0.717) is 5.56 Å². The van der Waals surface area contributed by atoms with E-state index in [1.807, 2.05) is 6.07 Å². The molecule has 0 radical (unpaired) electrons. The Labute approximate surface area is 288 Å². The van der Waals surface area contributed by atoms with Gasteiger partial charge in [-0.25, -0.2) is 0 Å². The molecule has 1 heterocycles. The number of pyridine rings is 1. The number of halogens is 3. The number of nitrogens with zero attached hydrogens (tertiary/aromatic N) is 1. The van der Waals surface area contributed by atoms with Crippen LogP contribution in [0.1, 0.15) is 32.0 Å². The van der Waals surface area contributed by atoms with Crippen LogP contribution in [0.2, 0.25) is 0 Å². The van der Waals surface area contributed by atoms with Crippen LogP contribution in [0.3, 0.4) is 0 Å². The lowest BCUT2D eigenvalue weighted by Crippen LogP contribution is -2.10. The first-order chi connectivity index (χ1) is 24.1. The van der Waals surface area contributed by atoms with Crippen LogP contribution in [0.4, 0.5) is 13.2 Å². The van der Waals surface area contributed by atoms with E-state index in [0.717, 1.165) is 49.5 Å². The molecule has 0 fully saturated rings. The zero-order chi connectivity index (χ0) is 34.4. The topological polar surface area (TPSA) is 12.9 Å². The molecule has 0 amide bonds. The highest BCUT2D eigenvalue weighted by Crippen LogP contribution is 2.48. The average Bonchev–Trinajstić information content (AvgIpc) is 3.12. The molecule has 0 aliphatic carbocycles. The molecule has 50 heavy (non-hydrogen) atoms. The largest absolute Gasteiger partial charge is 0.433 e. The first-order valence-electron chi connectivity index (χ1n) is 16.9. The minimum Gasteiger partial charge on any atom is -0.251 e. The third-order valence-corrected chi connectivity index (χ3v) is 10.3. The number of hydrogen-bond donors (Lipinski definition) is 0. The summed E-state index contributed by atoms with van der Waals surface area (Å²) in [6, 6.07) is 46.1. The SMILES string of the molecule is CC(C)(C)c1ccc(-c2c3ccccc3c(-c3ccc4ccc5c(-c6ccc(C(F)(F)F)nc6)ccc6ccc3c4c65)c3ccccc23)cc1. The summed E-state index contributed by atoms with van der Waals surface area (Å²) in [5, 5.41) is 11.4. The van der Waals surface area contributed by atoms with Crippen molar-refractivity contribution in [3.8, 4) is 33.4 Å². The third kappa shape index (κ3) is 4.66. The van der Waals surface area contributed by atoms with Gasteiger partial charge in [0.15, 0.2) is 0 Å². The highest BCUT2D eigenvalue weighted by Gasteiger charge is 2.32. The minimum absolute atomic E-state index is 0.0664. The van der Waals surface area contributed by atoms with E-state index in [4.69, 9.17) is 0 Å². The molecule has 0 aliphatic rings. The maximum Gasteiger partial charge on any atom is 0.433 e. The lowest BCUT2D eigenvalue weighted by atomic mass is 9.82. The lowest BCUT2D eigenvalue weighted by Gasteiger charge is -2.22. The fourth-order valence-corrected chi connectivity index (χ4v) is 7.86. The molecule has 0 saturated carbocycles. The number of rotatable bonds is 3. The van der Waals surface area contributed by atoms with Crippen LogP contribution < -0.4 is 0 Å². The van der Waals surface area contributed by atoms with E-state index < -0.39 is 11.9 Å².